The van der Waals surface area contributed by atoms with Crippen molar-refractivity contribution >= 4 is 37.5 Å². The molecule has 0 spiro atoms. The molecule has 0 aliphatic rings. The summed E-state index contributed by atoms with van der Waals surface area (Å²) >= 11 is 7.09. The molecule has 0 aliphatic carbocycles. The average molecular weight is 373 g/mol. The molecular formula is C13H15Br2N3. The second-order valence-corrected chi connectivity index (χ2v) is 5.70. The summed E-state index contributed by atoms with van der Waals surface area (Å²) in [5.74, 6) is 0. The Kier molecular flexibility index (Phi) is 4.83. The Morgan fingerprint density at radius 2 is 1.94 bits per heavy atom. The van der Waals surface area contributed by atoms with E-state index in [1.807, 2.05) is 35.1 Å². The molecule has 0 unspecified atom stereocenters. The first-order valence-electron chi connectivity index (χ1n) is 5.91. The lowest BCUT2D eigenvalue weighted by Gasteiger charge is -2.11. The normalized spacial score (nSPS) is 10.6. The quantitative estimate of drug-likeness (QED) is 0.841. The number of hydrogen-bond acceptors (Lipinski definition) is 2. The third-order valence-electron chi connectivity index (χ3n) is 2.65. The van der Waals surface area contributed by atoms with Crippen molar-refractivity contribution in [3.05, 3.63) is 45.1 Å². The molecule has 18 heavy (non-hydrogen) atoms. The molecule has 2 aromatic rings. The Labute approximate surface area is 124 Å². The van der Waals surface area contributed by atoms with E-state index in [1.54, 1.807) is 0 Å². The molecule has 1 aromatic heterocycles. The van der Waals surface area contributed by atoms with E-state index in [2.05, 4.69) is 49.2 Å². The third-order valence-corrected chi connectivity index (χ3v) is 3.97. The average Bonchev–Trinajstić information content (AvgIpc) is 2.77. The van der Waals surface area contributed by atoms with Gasteiger partial charge in [-0.2, -0.15) is 5.10 Å². The molecule has 0 radical (unpaired) electrons. The molecule has 96 valence electrons. The van der Waals surface area contributed by atoms with Crippen LogP contribution in [0.2, 0.25) is 0 Å². The Balaban J connectivity index is 2.09. The van der Waals surface area contributed by atoms with Crippen molar-refractivity contribution in [2.24, 2.45) is 0 Å². The van der Waals surface area contributed by atoms with Crippen LogP contribution in [0.15, 0.2) is 39.4 Å². The van der Waals surface area contributed by atoms with Crippen LogP contribution in [0.1, 0.15) is 19.0 Å². The monoisotopic (exact) mass is 371 g/mol. The molecule has 3 nitrogen and oxygen atoms in total. The number of aromatic nitrogens is 2. The number of nitrogens with zero attached hydrogens (tertiary/aromatic N) is 2. The minimum atomic E-state index is 0.765. The molecule has 1 aromatic carbocycles. The van der Waals surface area contributed by atoms with Crippen molar-refractivity contribution < 1.29 is 0 Å². The number of anilines is 1. The first-order valence-corrected chi connectivity index (χ1v) is 7.49. The van der Waals surface area contributed by atoms with Gasteiger partial charge in [0, 0.05) is 21.7 Å². The lowest BCUT2D eigenvalue weighted by atomic mass is 10.3. The van der Waals surface area contributed by atoms with Crippen molar-refractivity contribution in [3.8, 4) is 0 Å². The second kappa shape index (κ2) is 6.38. The van der Waals surface area contributed by atoms with E-state index >= 15 is 0 Å². The van der Waals surface area contributed by atoms with Crippen molar-refractivity contribution in [1.82, 2.24) is 9.78 Å². The molecule has 1 N–H and O–H groups in total. The summed E-state index contributed by atoms with van der Waals surface area (Å²) in [4.78, 5) is 0. The van der Waals surface area contributed by atoms with Gasteiger partial charge in [0.1, 0.15) is 0 Å². The van der Waals surface area contributed by atoms with Gasteiger partial charge in [-0.1, -0.05) is 13.0 Å². The van der Waals surface area contributed by atoms with Gasteiger partial charge in [-0.25, -0.2) is 0 Å². The lowest BCUT2D eigenvalue weighted by molar-refractivity contribution is 0.578. The zero-order valence-electron chi connectivity index (χ0n) is 10.2. The highest BCUT2D eigenvalue weighted by molar-refractivity contribution is 9.11. The number of aryl methyl sites for hydroxylation is 1. The number of halogens is 2. The number of benzene rings is 1. The van der Waals surface area contributed by atoms with Crippen LogP contribution in [0, 0.1) is 0 Å². The summed E-state index contributed by atoms with van der Waals surface area (Å²) in [7, 11) is 0. The van der Waals surface area contributed by atoms with Gasteiger partial charge in [-0.3, -0.25) is 4.68 Å². The molecule has 0 saturated heterocycles. The molecular weight excluding hydrogens is 358 g/mol. The maximum atomic E-state index is 4.32. The molecule has 0 fully saturated rings. The lowest BCUT2D eigenvalue weighted by Crippen LogP contribution is -2.09. The summed E-state index contributed by atoms with van der Waals surface area (Å²) in [6.45, 7) is 3.88. The third kappa shape index (κ3) is 3.14. The van der Waals surface area contributed by atoms with Crippen molar-refractivity contribution in [3.63, 3.8) is 0 Å². The molecule has 0 saturated carbocycles. The molecule has 0 aliphatic heterocycles. The largest absolute Gasteiger partial charge is 0.378 e. The van der Waals surface area contributed by atoms with Crippen molar-refractivity contribution in [2.75, 3.05) is 5.32 Å². The van der Waals surface area contributed by atoms with Gasteiger partial charge in [-0.15, -0.1) is 0 Å². The molecule has 0 atom stereocenters. The number of rotatable bonds is 5. The van der Waals surface area contributed by atoms with Gasteiger partial charge in [0.05, 0.1) is 17.9 Å². The van der Waals surface area contributed by atoms with E-state index in [1.165, 1.54) is 5.69 Å². The topological polar surface area (TPSA) is 29.9 Å². The van der Waals surface area contributed by atoms with Gasteiger partial charge in [0.2, 0.25) is 0 Å². The maximum Gasteiger partial charge on any atom is 0.0632 e. The van der Waals surface area contributed by atoms with E-state index in [0.29, 0.717) is 0 Å². The molecule has 1 heterocycles. The fourth-order valence-electron chi connectivity index (χ4n) is 1.77. The summed E-state index contributed by atoms with van der Waals surface area (Å²) < 4.78 is 4.15. The summed E-state index contributed by atoms with van der Waals surface area (Å²) in [5.41, 5.74) is 2.27. The van der Waals surface area contributed by atoms with E-state index in [-0.39, 0.29) is 0 Å². The van der Waals surface area contributed by atoms with Crippen LogP contribution >= 0.6 is 31.9 Å². The Morgan fingerprint density at radius 1 is 1.22 bits per heavy atom. The minimum absolute atomic E-state index is 0.765. The van der Waals surface area contributed by atoms with Crippen LogP contribution in [0.5, 0.6) is 0 Å². The predicted octanol–water partition coefficient (Wildman–Crippen LogP) is 4.43. The van der Waals surface area contributed by atoms with Crippen LogP contribution < -0.4 is 5.32 Å². The van der Waals surface area contributed by atoms with Crippen LogP contribution in [0.4, 0.5) is 5.69 Å². The van der Waals surface area contributed by atoms with E-state index in [9.17, 15) is 0 Å². The minimum Gasteiger partial charge on any atom is -0.378 e. The Morgan fingerprint density at radius 3 is 2.61 bits per heavy atom. The highest BCUT2D eigenvalue weighted by Gasteiger charge is 2.06. The SMILES string of the molecule is CCCn1nccc1CNc1c(Br)cccc1Br. The highest BCUT2D eigenvalue weighted by Crippen LogP contribution is 2.30. The predicted molar refractivity (Wildman–Crippen MR) is 81.7 cm³/mol. The van der Waals surface area contributed by atoms with Gasteiger partial charge < -0.3 is 5.32 Å². The van der Waals surface area contributed by atoms with Crippen LogP contribution in [-0.2, 0) is 13.1 Å². The van der Waals surface area contributed by atoms with E-state index < -0.39 is 0 Å². The Bertz CT molecular complexity index is 502. The van der Waals surface area contributed by atoms with Crippen LogP contribution in [0.3, 0.4) is 0 Å². The molecule has 2 rings (SSSR count). The standard InChI is InChI=1S/C13H15Br2N3/c1-2-8-18-10(6-7-17-18)9-16-13-11(14)4-3-5-12(13)15/h3-7,16H,2,8-9H2,1H3. The van der Waals surface area contributed by atoms with Crippen LogP contribution in [0.25, 0.3) is 0 Å². The number of nitrogens with one attached hydrogen (secondary N) is 1. The zero-order valence-corrected chi connectivity index (χ0v) is 13.3. The summed E-state index contributed by atoms with van der Waals surface area (Å²) in [5, 5.41) is 7.74. The Hall–Kier alpha value is -0.810. The summed E-state index contributed by atoms with van der Waals surface area (Å²) in [6.07, 6.45) is 2.94. The molecule has 0 bridgehead atoms. The number of hydrogen-bond donors (Lipinski definition) is 1. The van der Waals surface area contributed by atoms with Gasteiger partial charge in [-0.05, 0) is 56.5 Å². The highest BCUT2D eigenvalue weighted by atomic mass is 79.9. The number of para-hydroxylation sites is 1. The first kappa shape index (κ1) is 13.6. The maximum absolute atomic E-state index is 4.32. The van der Waals surface area contributed by atoms with E-state index in [0.717, 1.165) is 34.1 Å². The second-order valence-electron chi connectivity index (χ2n) is 4.00. The van der Waals surface area contributed by atoms with Crippen molar-refractivity contribution in [1.29, 1.82) is 0 Å². The first-order chi connectivity index (χ1) is 8.72. The van der Waals surface area contributed by atoms with E-state index in [4.69, 9.17) is 0 Å². The van der Waals surface area contributed by atoms with Crippen LogP contribution in [-0.4, -0.2) is 9.78 Å². The van der Waals surface area contributed by atoms with Gasteiger partial charge >= 0.3 is 0 Å². The zero-order chi connectivity index (χ0) is 13.0. The van der Waals surface area contributed by atoms with Gasteiger partial charge in [0.15, 0.2) is 0 Å². The molecule has 0 amide bonds. The molecule has 5 heteroatoms. The fraction of sp³-hybridized carbons (Fsp3) is 0.308. The summed E-state index contributed by atoms with van der Waals surface area (Å²) in [6, 6.07) is 8.10. The van der Waals surface area contributed by atoms with Gasteiger partial charge in [0.25, 0.3) is 0 Å². The smallest absolute Gasteiger partial charge is 0.0632 e. The fourth-order valence-corrected chi connectivity index (χ4v) is 3.05. The van der Waals surface area contributed by atoms with Crippen molar-refractivity contribution in [2.45, 2.75) is 26.4 Å².